The number of nitrogens with one attached hydrogen (secondary N) is 3. The average Bonchev–Trinajstić information content (AvgIpc) is 2.79. The molecule has 0 rings (SSSR count). The second kappa shape index (κ2) is 16.3. The number of nitrogens with zero attached hydrogens (tertiary/aromatic N) is 1. The Balaban J connectivity index is 5.59. The van der Waals surface area contributed by atoms with Crippen LogP contribution in [0.2, 0.25) is 0 Å². The van der Waals surface area contributed by atoms with Gasteiger partial charge in [0.05, 0.1) is 6.04 Å². The molecule has 0 aromatic carbocycles. The van der Waals surface area contributed by atoms with Gasteiger partial charge in [0.2, 0.25) is 17.7 Å². The Kier molecular flexibility index (Phi) is 14.7. The molecule has 0 aromatic heterocycles. The van der Waals surface area contributed by atoms with Crippen LogP contribution in [0.5, 0.6) is 0 Å². The van der Waals surface area contributed by atoms with Crippen molar-refractivity contribution >= 4 is 35.6 Å². The maximum atomic E-state index is 13.0. The molecule has 5 atom stereocenters. The van der Waals surface area contributed by atoms with E-state index >= 15 is 0 Å². The molecule has 0 heterocycles. The van der Waals surface area contributed by atoms with E-state index in [1.807, 2.05) is 0 Å². The highest BCUT2D eigenvalue weighted by atomic mass is 16.4. The van der Waals surface area contributed by atoms with Gasteiger partial charge in [-0.3, -0.25) is 24.2 Å². The number of hydrogen-bond donors (Lipinski definition) is 8. The lowest BCUT2D eigenvalue weighted by Gasteiger charge is -2.28. The zero-order chi connectivity index (χ0) is 28.0. The van der Waals surface area contributed by atoms with E-state index in [2.05, 4.69) is 20.9 Å². The van der Waals surface area contributed by atoms with E-state index < -0.39 is 59.7 Å². The molecule has 0 radical (unpaired) electrons. The van der Waals surface area contributed by atoms with Crippen LogP contribution in [0.3, 0.4) is 0 Å². The molecular weight excluding hydrogens is 474 g/mol. The topological polar surface area (TPSA) is 252 Å². The van der Waals surface area contributed by atoms with Gasteiger partial charge in [0.15, 0.2) is 5.96 Å². The molecule has 0 aromatic rings. The van der Waals surface area contributed by atoms with Gasteiger partial charge in [0.25, 0.3) is 0 Å². The Morgan fingerprint density at radius 1 is 0.861 bits per heavy atom. The van der Waals surface area contributed by atoms with Crippen molar-refractivity contribution in [1.82, 2.24) is 16.0 Å². The van der Waals surface area contributed by atoms with Crippen molar-refractivity contribution in [2.45, 2.75) is 84.0 Å². The van der Waals surface area contributed by atoms with Crippen LogP contribution in [-0.4, -0.2) is 76.5 Å². The molecule has 0 fully saturated rings. The molecule has 0 aliphatic rings. The summed E-state index contributed by atoms with van der Waals surface area (Å²) in [4.78, 5) is 64.6. The standard InChI is InChI=1S/C22H41N7O7/c1-5-12(4)17(21(35)36)29-19(33)14(7-6-10-26-22(24)25)27-20(34)16(11(2)3)28-18(32)13(23)8-9-15(30)31/h11-14,16-17H,5-10,23H2,1-4H3,(H,27,34)(H,28,32)(H,29,33)(H,30,31)(H,35,36)(H4,24,25,26). The smallest absolute Gasteiger partial charge is 0.326 e. The first-order chi connectivity index (χ1) is 16.7. The third-order valence-corrected chi connectivity index (χ3v) is 5.61. The molecule has 3 amide bonds. The quantitative estimate of drug-likeness (QED) is 0.0630. The molecule has 14 heteroatoms. The summed E-state index contributed by atoms with van der Waals surface area (Å²) in [6.45, 7) is 7.00. The SMILES string of the molecule is CCC(C)C(NC(=O)C(CCCN=C(N)N)NC(=O)C(NC(=O)C(N)CCC(=O)O)C(C)C)C(=O)O. The van der Waals surface area contributed by atoms with Crippen molar-refractivity contribution in [2.24, 2.45) is 34.0 Å². The number of carbonyl (C=O) groups excluding carboxylic acids is 3. The highest BCUT2D eigenvalue weighted by Gasteiger charge is 2.32. The second-order valence-electron chi connectivity index (χ2n) is 8.99. The number of rotatable bonds is 17. The van der Waals surface area contributed by atoms with Gasteiger partial charge in [0.1, 0.15) is 18.1 Å². The summed E-state index contributed by atoms with van der Waals surface area (Å²) in [6, 6.07) is -4.50. The van der Waals surface area contributed by atoms with E-state index in [9.17, 15) is 29.1 Å². The van der Waals surface area contributed by atoms with Crippen molar-refractivity contribution in [3.63, 3.8) is 0 Å². The highest BCUT2D eigenvalue weighted by molar-refractivity contribution is 5.94. The lowest BCUT2D eigenvalue weighted by atomic mass is 9.98. The van der Waals surface area contributed by atoms with E-state index in [-0.39, 0.29) is 37.7 Å². The minimum Gasteiger partial charge on any atom is -0.481 e. The van der Waals surface area contributed by atoms with Crippen LogP contribution >= 0.6 is 0 Å². The average molecular weight is 516 g/mol. The normalized spacial score (nSPS) is 15.1. The van der Waals surface area contributed by atoms with Crippen molar-refractivity contribution in [1.29, 1.82) is 0 Å². The maximum Gasteiger partial charge on any atom is 0.326 e. The van der Waals surface area contributed by atoms with Crippen LogP contribution in [0, 0.1) is 11.8 Å². The third-order valence-electron chi connectivity index (χ3n) is 5.61. The monoisotopic (exact) mass is 515 g/mol. The Morgan fingerprint density at radius 2 is 1.44 bits per heavy atom. The molecule has 36 heavy (non-hydrogen) atoms. The molecule has 206 valence electrons. The summed E-state index contributed by atoms with van der Waals surface area (Å²) in [5.41, 5.74) is 16.4. The molecule has 5 unspecified atom stereocenters. The third kappa shape index (κ3) is 12.3. The largest absolute Gasteiger partial charge is 0.481 e. The van der Waals surface area contributed by atoms with E-state index in [1.165, 1.54) is 0 Å². The summed E-state index contributed by atoms with van der Waals surface area (Å²) in [7, 11) is 0. The minimum absolute atomic E-state index is 0.0953. The minimum atomic E-state index is -1.20. The highest BCUT2D eigenvalue weighted by Crippen LogP contribution is 2.10. The van der Waals surface area contributed by atoms with Gasteiger partial charge >= 0.3 is 11.9 Å². The number of carboxylic acids is 2. The molecule has 0 saturated heterocycles. The van der Waals surface area contributed by atoms with Crippen LogP contribution in [0.15, 0.2) is 4.99 Å². The predicted molar refractivity (Wildman–Crippen MR) is 132 cm³/mol. The Bertz CT molecular complexity index is 800. The molecule has 0 aliphatic carbocycles. The first-order valence-electron chi connectivity index (χ1n) is 11.9. The number of aliphatic carboxylic acids is 2. The van der Waals surface area contributed by atoms with Gasteiger partial charge in [-0.1, -0.05) is 34.1 Å². The van der Waals surface area contributed by atoms with Crippen molar-refractivity contribution in [3.05, 3.63) is 0 Å². The fourth-order valence-corrected chi connectivity index (χ4v) is 3.18. The number of nitrogens with two attached hydrogens (primary N) is 3. The van der Waals surface area contributed by atoms with Crippen molar-refractivity contribution in [3.8, 4) is 0 Å². The Hall–Kier alpha value is -3.42. The van der Waals surface area contributed by atoms with E-state index in [4.69, 9.17) is 22.3 Å². The zero-order valence-electron chi connectivity index (χ0n) is 21.3. The number of aliphatic imine (C=N–C) groups is 1. The van der Waals surface area contributed by atoms with E-state index in [0.717, 1.165) is 0 Å². The molecular formula is C22H41N7O7. The van der Waals surface area contributed by atoms with Gasteiger partial charge < -0.3 is 43.4 Å². The number of hydrogen-bond acceptors (Lipinski definition) is 7. The molecule has 14 nitrogen and oxygen atoms in total. The first kappa shape index (κ1) is 32.6. The Morgan fingerprint density at radius 3 is 1.92 bits per heavy atom. The molecule has 0 saturated carbocycles. The van der Waals surface area contributed by atoms with Gasteiger partial charge in [-0.15, -0.1) is 0 Å². The van der Waals surface area contributed by atoms with E-state index in [1.54, 1.807) is 27.7 Å². The fraction of sp³-hybridized carbons (Fsp3) is 0.727. The predicted octanol–water partition coefficient (Wildman–Crippen LogP) is -1.53. The molecule has 11 N–H and O–H groups in total. The number of carbonyl (C=O) groups is 5. The van der Waals surface area contributed by atoms with Crippen molar-refractivity contribution in [2.75, 3.05) is 6.54 Å². The van der Waals surface area contributed by atoms with Gasteiger partial charge in [-0.05, 0) is 31.1 Å². The summed E-state index contributed by atoms with van der Waals surface area (Å²) in [5.74, 6) is -5.30. The lowest BCUT2D eigenvalue weighted by molar-refractivity contribution is -0.144. The number of guanidine groups is 1. The van der Waals surface area contributed by atoms with Gasteiger partial charge in [-0.2, -0.15) is 0 Å². The van der Waals surface area contributed by atoms with Crippen LogP contribution in [0.1, 0.15) is 59.8 Å². The molecule has 0 bridgehead atoms. The zero-order valence-corrected chi connectivity index (χ0v) is 21.3. The number of amides is 3. The lowest BCUT2D eigenvalue weighted by Crippen LogP contribution is -2.58. The van der Waals surface area contributed by atoms with Crippen LogP contribution in [0.4, 0.5) is 0 Å². The first-order valence-corrected chi connectivity index (χ1v) is 11.9. The summed E-state index contributed by atoms with van der Waals surface area (Å²) < 4.78 is 0. The maximum absolute atomic E-state index is 13.0. The van der Waals surface area contributed by atoms with Crippen LogP contribution in [-0.2, 0) is 24.0 Å². The van der Waals surface area contributed by atoms with Crippen LogP contribution in [0.25, 0.3) is 0 Å². The Labute approximate surface area is 210 Å². The molecule has 0 aliphatic heterocycles. The fourth-order valence-electron chi connectivity index (χ4n) is 3.18. The van der Waals surface area contributed by atoms with Crippen molar-refractivity contribution < 1.29 is 34.2 Å². The second-order valence-corrected chi connectivity index (χ2v) is 8.99. The summed E-state index contributed by atoms with van der Waals surface area (Å²) in [6.07, 6.45) is 0.470. The summed E-state index contributed by atoms with van der Waals surface area (Å²) in [5, 5.41) is 25.8. The van der Waals surface area contributed by atoms with Crippen LogP contribution < -0.4 is 33.2 Å². The van der Waals surface area contributed by atoms with Gasteiger partial charge in [-0.25, -0.2) is 4.79 Å². The summed E-state index contributed by atoms with van der Waals surface area (Å²) >= 11 is 0. The van der Waals surface area contributed by atoms with Gasteiger partial charge in [0, 0.05) is 13.0 Å². The molecule has 0 spiro atoms. The van der Waals surface area contributed by atoms with E-state index in [0.29, 0.717) is 12.8 Å². The number of carboxylic acid groups (broad SMARTS) is 2.